The first-order chi connectivity index (χ1) is 13.2. The summed E-state index contributed by atoms with van der Waals surface area (Å²) in [5, 5.41) is 0.984. The van der Waals surface area contributed by atoms with E-state index in [2.05, 4.69) is 16.9 Å². The summed E-state index contributed by atoms with van der Waals surface area (Å²) in [4.78, 5) is 5.58. The fourth-order valence-electron chi connectivity index (χ4n) is 3.90. The minimum absolute atomic E-state index is 0.188. The number of benzene rings is 2. The van der Waals surface area contributed by atoms with Gasteiger partial charge in [0.25, 0.3) is 0 Å². The maximum Gasteiger partial charge on any atom is 0.126 e. The van der Waals surface area contributed by atoms with Crippen molar-refractivity contribution in [2.75, 3.05) is 27.3 Å². The van der Waals surface area contributed by atoms with Gasteiger partial charge in [0, 0.05) is 28.7 Å². The molecule has 0 radical (unpaired) electrons. The number of nitrogens with one attached hydrogen (secondary N) is 1. The summed E-state index contributed by atoms with van der Waals surface area (Å²) in [7, 11) is 3.84. The summed E-state index contributed by atoms with van der Waals surface area (Å²) in [6.07, 6.45) is 4.85. The van der Waals surface area contributed by atoms with Crippen molar-refractivity contribution in [3.8, 4) is 11.5 Å². The van der Waals surface area contributed by atoms with E-state index in [4.69, 9.17) is 9.47 Å². The fraction of sp³-hybridized carbons (Fsp3) is 0.364. The normalized spacial score (nSPS) is 16.4. The predicted molar refractivity (Wildman–Crippen MR) is 105 cm³/mol. The molecule has 4 nitrogen and oxygen atoms in total. The van der Waals surface area contributed by atoms with E-state index in [9.17, 15) is 4.39 Å². The Morgan fingerprint density at radius 1 is 1.30 bits per heavy atom. The Morgan fingerprint density at radius 3 is 3.04 bits per heavy atom. The molecular formula is C22H25FN2O2. The summed E-state index contributed by atoms with van der Waals surface area (Å²) in [6, 6.07) is 11.2. The first-order valence-corrected chi connectivity index (χ1v) is 9.40. The number of aromatic amines is 1. The van der Waals surface area contributed by atoms with E-state index >= 15 is 0 Å². The van der Waals surface area contributed by atoms with Crippen LogP contribution < -0.4 is 9.47 Å². The van der Waals surface area contributed by atoms with Gasteiger partial charge in [0.15, 0.2) is 0 Å². The lowest BCUT2D eigenvalue weighted by molar-refractivity contribution is 0.140. The van der Waals surface area contributed by atoms with E-state index in [0.717, 1.165) is 53.8 Å². The second kappa shape index (κ2) is 7.61. The van der Waals surface area contributed by atoms with Crippen LogP contribution >= 0.6 is 0 Å². The summed E-state index contributed by atoms with van der Waals surface area (Å²) in [5.41, 5.74) is 3.31. The molecule has 3 aromatic rings. The van der Waals surface area contributed by atoms with Crippen LogP contribution in [-0.4, -0.2) is 43.2 Å². The van der Waals surface area contributed by atoms with Crippen LogP contribution in [0.5, 0.6) is 11.5 Å². The lowest BCUT2D eigenvalue weighted by Crippen LogP contribution is -2.41. The zero-order valence-corrected chi connectivity index (χ0v) is 15.8. The number of halogens is 1. The van der Waals surface area contributed by atoms with Gasteiger partial charge in [0.05, 0.1) is 7.11 Å². The molecule has 0 spiro atoms. The van der Waals surface area contributed by atoms with Crippen molar-refractivity contribution < 1.29 is 13.9 Å². The van der Waals surface area contributed by atoms with E-state index in [-0.39, 0.29) is 5.82 Å². The highest BCUT2D eigenvalue weighted by Gasteiger charge is 2.25. The first kappa shape index (κ1) is 17.9. The van der Waals surface area contributed by atoms with Gasteiger partial charge in [0.1, 0.15) is 23.9 Å². The number of methoxy groups -OCH3 is 1. The second-order valence-corrected chi connectivity index (χ2v) is 7.19. The van der Waals surface area contributed by atoms with Crippen molar-refractivity contribution in [2.45, 2.75) is 25.3 Å². The molecule has 0 aliphatic carbocycles. The highest BCUT2D eigenvalue weighted by atomic mass is 19.1. The van der Waals surface area contributed by atoms with Gasteiger partial charge in [-0.05, 0) is 68.8 Å². The number of ether oxygens (including phenoxy) is 2. The molecule has 0 amide bonds. The van der Waals surface area contributed by atoms with Crippen LogP contribution in [0.3, 0.4) is 0 Å². The van der Waals surface area contributed by atoms with Crippen LogP contribution in [-0.2, 0) is 12.8 Å². The van der Waals surface area contributed by atoms with Gasteiger partial charge in [-0.25, -0.2) is 4.39 Å². The number of H-pyrrole nitrogens is 1. The SMILES string of the molecule is COc1cccc2c1CC(N(C)CCCc1c[nH]c3ccc(F)cc13)CO2. The summed E-state index contributed by atoms with van der Waals surface area (Å²) in [6.45, 7) is 1.65. The Kier molecular flexibility index (Phi) is 5.03. The lowest BCUT2D eigenvalue weighted by Gasteiger charge is -2.33. The maximum absolute atomic E-state index is 13.5. The van der Waals surface area contributed by atoms with Crippen LogP contribution in [0.25, 0.3) is 10.9 Å². The quantitative estimate of drug-likeness (QED) is 0.709. The van der Waals surface area contributed by atoms with Crippen LogP contribution in [0.15, 0.2) is 42.6 Å². The number of aromatic nitrogens is 1. The minimum atomic E-state index is -0.188. The highest BCUT2D eigenvalue weighted by Crippen LogP contribution is 2.33. The third-order valence-corrected chi connectivity index (χ3v) is 5.49. The van der Waals surface area contributed by atoms with E-state index in [1.54, 1.807) is 19.2 Å². The molecule has 27 heavy (non-hydrogen) atoms. The molecule has 1 aliphatic rings. The third-order valence-electron chi connectivity index (χ3n) is 5.49. The Labute approximate surface area is 158 Å². The molecule has 2 aromatic carbocycles. The molecule has 1 unspecified atom stereocenters. The third kappa shape index (κ3) is 3.65. The lowest BCUT2D eigenvalue weighted by atomic mass is 10.00. The van der Waals surface area contributed by atoms with Gasteiger partial charge < -0.3 is 14.5 Å². The van der Waals surface area contributed by atoms with Crippen molar-refractivity contribution in [3.63, 3.8) is 0 Å². The number of hydrogen-bond acceptors (Lipinski definition) is 3. The Balaban J connectivity index is 1.37. The number of hydrogen-bond donors (Lipinski definition) is 1. The summed E-state index contributed by atoms with van der Waals surface area (Å²) < 4.78 is 25.0. The molecule has 1 aromatic heterocycles. The van der Waals surface area contributed by atoms with Crippen molar-refractivity contribution in [2.24, 2.45) is 0 Å². The molecule has 1 N–H and O–H groups in total. The fourth-order valence-corrected chi connectivity index (χ4v) is 3.90. The van der Waals surface area contributed by atoms with Crippen LogP contribution in [0.1, 0.15) is 17.5 Å². The van der Waals surface area contributed by atoms with Gasteiger partial charge >= 0.3 is 0 Å². The van der Waals surface area contributed by atoms with Crippen LogP contribution in [0.4, 0.5) is 4.39 Å². The monoisotopic (exact) mass is 368 g/mol. The van der Waals surface area contributed by atoms with Crippen molar-refractivity contribution in [1.29, 1.82) is 0 Å². The van der Waals surface area contributed by atoms with Crippen molar-refractivity contribution >= 4 is 10.9 Å². The molecular weight excluding hydrogens is 343 g/mol. The standard InChI is InChI=1S/C22H25FN2O2/c1-25(17-12-19-21(26-2)6-3-7-22(19)27-14-17)10-4-5-15-13-24-20-9-8-16(23)11-18(15)20/h3,6-9,11,13,17,24H,4-5,10,12,14H2,1-2H3. The topological polar surface area (TPSA) is 37.5 Å². The molecule has 2 heterocycles. The van der Waals surface area contributed by atoms with Crippen molar-refractivity contribution in [3.05, 3.63) is 59.5 Å². The highest BCUT2D eigenvalue weighted by molar-refractivity contribution is 5.83. The van der Waals surface area contributed by atoms with Crippen LogP contribution in [0, 0.1) is 5.82 Å². The predicted octanol–water partition coefficient (Wildman–Crippen LogP) is 4.18. The van der Waals surface area contributed by atoms with E-state index in [1.807, 2.05) is 24.4 Å². The van der Waals surface area contributed by atoms with Gasteiger partial charge in [-0.3, -0.25) is 4.90 Å². The smallest absolute Gasteiger partial charge is 0.126 e. The molecule has 4 rings (SSSR count). The average Bonchev–Trinajstić information content (AvgIpc) is 3.09. The maximum atomic E-state index is 13.5. The first-order valence-electron chi connectivity index (χ1n) is 9.40. The van der Waals surface area contributed by atoms with Crippen LogP contribution in [0.2, 0.25) is 0 Å². The molecule has 5 heteroatoms. The molecule has 1 atom stereocenters. The molecule has 0 bridgehead atoms. The molecule has 0 saturated heterocycles. The molecule has 0 saturated carbocycles. The molecule has 0 fully saturated rings. The Bertz CT molecular complexity index is 923. The number of likely N-dealkylation sites (N-methyl/N-ethyl adjacent to an activating group) is 1. The van der Waals surface area contributed by atoms with E-state index in [1.165, 1.54) is 11.6 Å². The van der Waals surface area contributed by atoms with Gasteiger partial charge in [-0.2, -0.15) is 0 Å². The number of nitrogens with zero attached hydrogens (tertiary/aromatic N) is 1. The van der Waals surface area contributed by atoms with E-state index < -0.39 is 0 Å². The molecule has 142 valence electrons. The average molecular weight is 368 g/mol. The van der Waals surface area contributed by atoms with Gasteiger partial charge in [-0.1, -0.05) is 6.07 Å². The second-order valence-electron chi connectivity index (χ2n) is 7.19. The van der Waals surface area contributed by atoms with E-state index in [0.29, 0.717) is 12.6 Å². The minimum Gasteiger partial charge on any atom is -0.496 e. The number of aryl methyl sites for hydroxylation is 1. The zero-order chi connectivity index (χ0) is 18.8. The number of fused-ring (bicyclic) bond motifs is 2. The van der Waals surface area contributed by atoms with Gasteiger partial charge in [-0.15, -0.1) is 0 Å². The van der Waals surface area contributed by atoms with Crippen molar-refractivity contribution in [1.82, 2.24) is 9.88 Å². The van der Waals surface area contributed by atoms with Gasteiger partial charge in [0.2, 0.25) is 0 Å². The zero-order valence-electron chi connectivity index (χ0n) is 15.8. The number of rotatable bonds is 6. The summed E-state index contributed by atoms with van der Waals surface area (Å²) >= 11 is 0. The Hall–Kier alpha value is -2.53. The summed E-state index contributed by atoms with van der Waals surface area (Å²) in [5.74, 6) is 1.64. The molecule has 1 aliphatic heterocycles. The Morgan fingerprint density at radius 2 is 2.19 bits per heavy atom. The largest absolute Gasteiger partial charge is 0.496 e.